The summed E-state index contributed by atoms with van der Waals surface area (Å²) in [6.07, 6.45) is -3.54. The molecule has 0 atom stereocenters. The Kier molecular flexibility index (Phi) is 7.72. The van der Waals surface area contributed by atoms with Gasteiger partial charge in [0.15, 0.2) is 5.62 Å². The molecule has 5 nitrogen and oxygen atoms in total. The lowest BCUT2D eigenvalue weighted by Crippen LogP contribution is -2.30. The highest BCUT2D eigenvalue weighted by molar-refractivity contribution is 8.10. The third-order valence-corrected chi connectivity index (χ3v) is 8.97. The van der Waals surface area contributed by atoms with Crippen LogP contribution in [0.2, 0.25) is 0 Å². The minimum atomic E-state index is -4.93. The topological polar surface area (TPSA) is 66.8 Å². The molecule has 12 heteroatoms. The molecule has 4 rings (SSSR count). The van der Waals surface area contributed by atoms with Crippen molar-refractivity contribution in [3.05, 3.63) is 94.8 Å². The lowest BCUT2D eigenvalue weighted by atomic mass is 10.1. The van der Waals surface area contributed by atoms with Crippen molar-refractivity contribution >= 4 is 60.2 Å². The Balaban J connectivity index is 1.82. The Morgan fingerprint density at radius 3 is 2.41 bits per heavy atom. The standard InChI is InChI=1S/C25H18F4N2O3S3/c1-16-20-4-2-3-5-23(20)36-24(16)31(14-18-8-11-22(26)21(12-18)25(27,28)29)37(33,34)19-9-6-17(7-10-19)13-30-35-15-32/h2-13,15H,14H2,1H3. The molecule has 0 radical (unpaired) electrons. The number of carbonyl (C=O) groups is 1. The largest absolute Gasteiger partial charge is 0.419 e. The summed E-state index contributed by atoms with van der Waals surface area (Å²) < 4.78 is 87.3. The van der Waals surface area contributed by atoms with Gasteiger partial charge in [-0.25, -0.2) is 17.2 Å². The molecule has 0 bridgehead atoms. The number of hydrogen-bond donors (Lipinski definition) is 0. The molecular formula is C25H18F4N2O3S3. The monoisotopic (exact) mass is 566 g/mol. The van der Waals surface area contributed by atoms with Crippen LogP contribution >= 0.6 is 23.3 Å². The van der Waals surface area contributed by atoms with Crippen molar-refractivity contribution in [3.8, 4) is 0 Å². The molecule has 37 heavy (non-hydrogen) atoms. The van der Waals surface area contributed by atoms with Crippen molar-refractivity contribution < 1.29 is 30.8 Å². The fraction of sp³-hybridized carbons (Fsp3) is 0.120. The first-order chi connectivity index (χ1) is 17.5. The van der Waals surface area contributed by atoms with Crippen LogP contribution < -0.4 is 4.31 Å². The number of rotatable bonds is 8. The third-order valence-electron chi connectivity index (χ3n) is 5.48. The van der Waals surface area contributed by atoms with Crippen LogP contribution in [0.15, 0.2) is 76.0 Å². The molecule has 0 aliphatic rings. The van der Waals surface area contributed by atoms with Gasteiger partial charge in [0.05, 0.1) is 17.0 Å². The van der Waals surface area contributed by atoms with Crippen molar-refractivity contribution in [2.45, 2.75) is 24.5 Å². The van der Waals surface area contributed by atoms with Crippen LogP contribution in [0.1, 0.15) is 22.3 Å². The summed E-state index contributed by atoms with van der Waals surface area (Å²) in [6, 6.07) is 15.4. The summed E-state index contributed by atoms with van der Waals surface area (Å²) in [6.45, 7) is 1.30. The molecule has 192 valence electrons. The number of fused-ring (bicyclic) bond motifs is 1. The Morgan fingerprint density at radius 1 is 1.05 bits per heavy atom. The summed E-state index contributed by atoms with van der Waals surface area (Å²) in [5.74, 6) is -1.44. The van der Waals surface area contributed by atoms with E-state index in [1.807, 2.05) is 18.2 Å². The van der Waals surface area contributed by atoms with E-state index >= 15 is 0 Å². The van der Waals surface area contributed by atoms with Crippen LogP contribution in [-0.4, -0.2) is 20.3 Å². The number of sulfonamides is 1. The second kappa shape index (κ2) is 10.6. The minimum Gasteiger partial charge on any atom is -0.289 e. The van der Waals surface area contributed by atoms with Gasteiger partial charge < -0.3 is 0 Å². The summed E-state index contributed by atoms with van der Waals surface area (Å²) in [5.41, 5.74) is 0.250. The average molecular weight is 567 g/mol. The maximum Gasteiger partial charge on any atom is 0.419 e. The first-order valence-electron chi connectivity index (χ1n) is 10.6. The number of halogens is 4. The van der Waals surface area contributed by atoms with E-state index in [1.165, 1.54) is 41.8 Å². The second-order valence-electron chi connectivity index (χ2n) is 7.86. The lowest BCUT2D eigenvalue weighted by Gasteiger charge is -2.24. The number of carbonyl (C=O) groups excluding carboxylic acids is 1. The summed E-state index contributed by atoms with van der Waals surface area (Å²) in [4.78, 5) is 10.3. The van der Waals surface area contributed by atoms with E-state index in [2.05, 4.69) is 4.40 Å². The van der Waals surface area contributed by atoms with Crippen molar-refractivity contribution in [3.63, 3.8) is 0 Å². The molecule has 0 unspecified atom stereocenters. The van der Waals surface area contributed by atoms with E-state index in [0.29, 0.717) is 45.8 Å². The molecular weight excluding hydrogens is 548 g/mol. The van der Waals surface area contributed by atoms with Crippen LogP contribution in [0.4, 0.5) is 22.6 Å². The number of alkyl halides is 3. The third kappa shape index (κ3) is 5.71. The van der Waals surface area contributed by atoms with E-state index in [9.17, 15) is 30.8 Å². The fourth-order valence-corrected chi connectivity index (χ4v) is 6.85. The fourth-order valence-electron chi connectivity index (χ4n) is 3.69. The zero-order chi connectivity index (χ0) is 26.8. The Labute approximate surface area is 218 Å². The highest BCUT2D eigenvalue weighted by Gasteiger charge is 2.35. The van der Waals surface area contributed by atoms with E-state index < -0.39 is 34.1 Å². The summed E-state index contributed by atoms with van der Waals surface area (Å²) >= 11 is 1.88. The van der Waals surface area contributed by atoms with Crippen LogP contribution in [0.5, 0.6) is 0 Å². The van der Waals surface area contributed by atoms with Gasteiger partial charge in [0, 0.05) is 22.9 Å². The number of anilines is 1. The Bertz CT molecular complexity index is 1580. The van der Waals surface area contributed by atoms with Crippen LogP contribution in [0.25, 0.3) is 10.1 Å². The van der Waals surface area contributed by atoms with Crippen molar-refractivity contribution in [1.82, 2.24) is 0 Å². The van der Waals surface area contributed by atoms with E-state index in [1.54, 1.807) is 13.0 Å². The van der Waals surface area contributed by atoms with Gasteiger partial charge in [-0.05, 0) is 59.3 Å². The van der Waals surface area contributed by atoms with E-state index in [4.69, 9.17) is 0 Å². The average Bonchev–Trinajstić information content (AvgIpc) is 3.19. The molecule has 0 N–H and O–H groups in total. The first-order valence-corrected chi connectivity index (χ1v) is 13.7. The Hall–Kier alpha value is -3.22. The first kappa shape index (κ1) is 26.8. The second-order valence-corrected chi connectivity index (χ2v) is 11.4. The van der Waals surface area contributed by atoms with Gasteiger partial charge in [-0.15, -0.1) is 11.3 Å². The van der Waals surface area contributed by atoms with Gasteiger partial charge in [-0.3, -0.25) is 9.10 Å². The molecule has 4 aromatic rings. The van der Waals surface area contributed by atoms with Crippen molar-refractivity contribution in [2.24, 2.45) is 4.40 Å². The molecule has 0 fully saturated rings. The smallest absolute Gasteiger partial charge is 0.289 e. The zero-order valence-electron chi connectivity index (χ0n) is 19.1. The maximum absolute atomic E-state index is 13.9. The minimum absolute atomic E-state index is 0.0243. The van der Waals surface area contributed by atoms with E-state index in [0.717, 1.165) is 20.5 Å². The molecule has 1 aromatic heterocycles. The van der Waals surface area contributed by atoms with Crippen LogP contribution in [0, 0.1) is 12.7 Å². The van der Waals surface area contributed by atoms with Crippen LogP contribution in [0.3, 0.4) is 0 Å². The number of benzene rings is 3. The zero-order valence-corrected chi connectivity index (χ0v) is 21.5. The number of hydrogen-bond acceptors (Lipinski definition) is 6. The van der Waals surface area contributed by atoms with Crippen LogP contribution in [-0.2, 0) is 27.5 Å². The highest BCUT2D eigenvalue weighted by atomic mass is 32.2. The SMILES string of the molecule is Cc1c(N(Cc2ccc(F)c(C(F)(F)F)c2)S(=O)(=O)c2ccc(C=NSC=O)cc2)sc2ccccc12. The summed E-state index contributed by atoms with van der Waals surface area (Å²) in [7, 11) is -4.26. The van der Waals surface area contributed by atoms with Gasteiger partial charge >= 0.3 is 6.18 Å². The molecule has 0 aliphatic carbocycles. The normalized spacial score (nSPS) is 12.4. The quantitative estimate of drug-likeness (QED) is 0.0995. The lowest BCUT2D eigenvalue weighted by molar-refractivity contribution is -0.140. The van der Waals surface area contributed by atoms with Gasteiger partial charge in [-0.2, -0.15) is 13.2 Å². The van der Waals surface area contributed by atoms with Gasteiger partial charge in [0.25, 0.3) is 10.0 Å². The molecule has 1 heterocycles. The summed E-state index contributed by atoms with van der Waals surface area (Å²) in [5, 5.41) is 1.16. The molecule has 0 aliphatic heterocycles. The van der Waals surface area contributed by atoms with Crippen molar-refractivity contribution in [2.75, 3.05) is 4.31 Å². The molecule has 0 amide bonds. The van der Waals surface area contributed by atoms with E-state index in [-0.39, 0.29) is 10.5 Å². The highest BCUT2D eigenvalue weighted by Crippen LogP contribution is 2.41. The van der Waals surface area contributed by atoms with Gasteiger partial charge in [-0.1, -0.05) is 36.4 Å². The predicted molar refractivity (Wildman–Crippen MR) is 140 cm³/mol. The molecule has 3 aromatic carbocycles. The maximum atomic E-state index is 13.9. The number of aryl methyl sites for hydroxylation is 1. The Morgan fingerprint density at radius 2 is 1.76 bits per heavy atom. The van der Waals surface area contributed by atoms with Gasteiger partial charge in [0.2, 0.25) is 0 Å². The molecule has 0 saturated heterocycles. The van der Waals surface area contributed by atoms with Gasteiger partial charge in [0.1, 0.15) is 10.8 Å². The number of nitrogens with zero attached hydrogens (tertiary/aromatic N) is 2. The predicted octanol–water partition coefficient (Wildman–Crippen LogP) is 7.02. The number of thiophene rings is 1. The van der Waals surface area contributed by atoms with Crippen molar-refractivity contribution in [1.29, 1.82) is 0 Å². The molecule has 0 spiro atoms. The molecule has 0 saturated carbocycles.